The van der Waals surface area contributed by atoms with Crippen LogP contribution >= 0.6 is 11.6 Å². The van der Waals surface area contributed by atoms with Crippen molar-refractivity contribution in [1.82, 2.24) is 9.78 Å². The Morgan fingerprint density at radius 2 is 2.00 bits per heavy atom. The summed E-state index contributed by atoms with van der Waals surface area (Å²) < 4.78 is 12.2. The van der Waals surface area contributed by atoms with Crippen LogP contribution in [0.25, 0.3) is 11.8 Å². The number of hydrogen-bond donors (Lipinski definition) is 1. The lowest BCUT2D eigenvalue weighted by molar-refractivity contribution is -0.111. The van der Waals surface area contributed by atoms with E-state index in [2.05, 4.69) is 10.4 Å². The number of halogens is 1. The maximum Gasteiger partial charge on any atom is 0.248 e. The van der Waals surface area contributed by atoms with Crippen LogP contribution in [0.15, 0.2) is 60.9 Å². The van der Waals surface area contributed by atoms with Crippen LogP contribution < -0.4 is 14.8 Å². The summed E-state index contributed by atoms with van der Waals surface area (Å²) in [5.41, 5.74) is 2.15. The number of carbonyl (C=O) groups is 1. The van der Waals surface area contributed by atoms with Crippen LogP contribution in [0, 0.1) is 0 Å². The van der Waals surface area contributed by atoms with Crippen molar-refractivity contribution in [2.75, 3.05) is 19.5 Å². The standard InChI is InChI=1S/C20H18ClN3O3/c1-26-18-13-14(12-15(21)20(18)27-2)8-9-19(25)23-16-6-3-4-7-17(16)24-11-5-10-22-24/h3-13H,1-2H3,(H,23,25). The third-order valence-corrected chi connectivity index (χ3v) is 4.08. The molecule has 0 unspecified atom stereocenters. The number of ether oxygens (including phenoxy) is 2. The number of nitrogens with one attached hydrogen (secondary N) is 1. The molecule has 6 nitrogen and oxygen atoms in total. The average molecular weight is 384 g/mol. The molecule has 7 heteroatoms. The van der Waals surface area contributed by atoms with Crippen LogP contribution in [0.4, 0.5) is 5.69 Å². The largest absolute Gasteiger partial charge is 0.493 e. The molecule has 27 heavy (non-hydrogen) atoms. The zero-order valence-electron chi connectivity index (χ0n) is 14.8. The van der Waals surface area contributed by atoms with Crippen molar-refractivity contribution in [3.63, 3.8) is 0 Å². The minimum atomic E-state index is -0.277. The fourth-order valence-corrected chi connectivity index (χ4v) is 2.87. The Labute approximate surface area is 162 Å². The Kier molecular flexibility index (Phi) is 5.78. The fourth-order valence-electron chi connectivity index (χ4n) is 2.57. The van der Waals surface area contributed by atoms with E-state index < -0.39 is 0 Å². The second kappa shape index (κ2) is 8.42. The van der Waals surface area contributed by atoms with Crippen molar-refractivity contribution < 1.29 is 14.3 Å². The highest BCUT2D eigenvalue weighted by Gasteiger charge is 2.10. The fraction of sp³-hybridized carbons (Fsp3) is 0.100. The van der Waals surface area contributed by atoms with Crippen molar-refractivity contribution in [3.8, 4) is 17.2 Å². The van der Waals surface area contributed by atoms with E-state index in [0.717, 1.165) is 5.69 Å². The van der Waals surface area contributed by atoms with Crippen molar-refractivity contribution in [2.45, 2.75) is 0 Å². The average Bonchev–Trinajstić information content (AvgIpc) is 3.21. The molecule has 0 aliphatic rings. The van der Waals surface area contributed by atoms with Gasteiger partial charge in [0.1, 0.15) is 0 Å². The van der Waals surface area contributed by atoms with E-state index in [1.807, 2.05) is 36.5 Å². The number of amides is 1. The zero-order valence-corrected chi connectivity index (χ0v) is 15.6. The minimum Gasteiger partial charge on any atom is -0.493 e. The SMILES string of the molecule is COc1cc(C=CC(=O)Nc2ccccc2-n2cccn2)cc(Cl)c1OC. The first-order valence-electron chi connectivity index (χ1n) is 8.12. The highest BCUT2D eigenvalue weighted by atomic mass is 35.5. The van der Waals surface area contributed by atoms with Gasteiger partial charge in [0.2, 0.25) is 5.91 Å². The molecule has 2 aromatic carbocycles. The highest BCUT2D eigenvalue weighted by molar-refractivity contribution is 6.32. The molecule has 138 valence electrons. The van der Waals surface area contributed by atoms with Crippen LogP contribution in [0.2, 0.25) is 5.02 Å². The van der Waals surface area contributed by atoms with Gasteiger partial charge in [-0.25, -0.2) is 4.68 Å². The molecule has 0 saturated carbocycles. The molecular formula is C20H18ClN3O3. The van der Waals surface area contributed by atoms with E-state index in [4.69, 9.17) is 21.1 Å². The van der Waals surface area contributed by atoms with Crippen molar-refractivity contribution in [3.05, 3.63) is 71.5 Å². The maximum atomic E-state index is 12.4. The predicted molar refractivity (Wildman–Crippen MR) is 106 cm³/mol. The third-order valence-electron chi connectivity index (χ3n) is 3.80. The topological polar surface area (TPSA) is 65.4 Å². The first-order valence-corrected chi connectivity index (χ1v) is 8.50. The molecule has 0 fully saturated rings. The molecule has 0 atom stereocenters. The Hall–Kier alpha value is -3.25. The Balaban J connectivity index is 1.78. The number of methoxy groups -OCH3 is 2. The highest BCUT2D eigenvalue weighted by Crippen LogP contribution is 2.36. The first-order chi connectivity index (χ1) is 13.1. The minimum absolute atomic E-state index is 0.277. The number of nitrogens with zero attached hydrogens (tertiary/aromatic N) is 2. The number of hydrogen-bond acceptors (Lipinski definition) is 4. The molecule has 1 aromatic heterocycles. The molecule has 0 aliphatic heterocycles. The van der Waals surface area contributed by atoms with Gasteiger partial charge in [0, 0.05) is 18.5 Å². The Bertz CT molecular complexity index is 969. The number of benzene rings is 2. The van der Waals surface area contributed by atoms with Crippen LogP contribution in [-0.4, -0.2) is 29.9 Å². The molecule has 1 heterocycles. The van der Waals surface area contributed by atoms with E-state index in [9.17, 15) is 4.79 Å². The summed E-state index contributed by atoms with van der Waals surface area (Å²) in [5, 5.41) is 7.46. The molecule has 0 aliphatic carbocycles. The molecular weight excluding hydrogens is 366 g/mol. The van der Waals surface area contributed by atoms with Gasteiger partial charge in [0.05, 0.1) is 30.6 Å². The molecule has 0 spiro atoms. The van der Waals surface area contributed by atoms with Crippen LogP contribution in [0.3, 0.4) is 0 Å². The number of para-hydroxylation sites is 2. The van der Waals surface area contributed by atoms with E-state index in [0.29, 0.717) is 27.8 Å². The molecule has 3 rings (SSSR count). The van der Waals surface area contributed by atoms with Crippen molar-refractivity contribution >= 4 is 29.3 Å². The van der Waals surface area contributed by atoms with Crippen molar-refractivity contribution in [1.29, 1.82) is 0 Å². The lowest BCUT2D eigenvalue weighted by Crippen LogP contribution is -2.10. The second-order valence-electron chi connectivity index (χ2n) is 5.53. The zero-order chi connectivity index (χ0) is 19.2. The van der Waals surface area contributed by atoms with Crippen LogP contribution in [-0.2, 0) is 4.79 Å². The van der Waals surface area contributed by atoms with Gasteiger partial charge in [-0.3, -0.25) is 4.79 Å². The van der Waals surface area contributed by atoms with Crippen LogP contribution in [0.1, 0.15) is 5.56 Å². The molecule has 0 bridgehead atoms. The number of carbonyl (C=O) groups excluding carboxylic acids is 1. The van der Waals surface area contributed by atoms with Gasteiger partial charge in [-0.1, -0.05) is 23.7 Å². The molecule has 1 N–H and O–H groups in total. The second-order valence-corrected chi connectivity index (χ2v) is 5.94. The molecule has 1 amide bonds. The summed E-state index contributed by atoms with van der Waals surface area (Å²) in [7, 11) is 3.05. The van der Waals surface area contributed by atoms with Gasteiger partial charge in [0.25, 0.3) is 0 Å². The Morgan fingerprint density at radius 1 is 1.19 bits per heavy atom. The summed E-state index contributed by atoms with van der Waals surface area (Å²) in [6, 6.07) is 12.7. The molecule has 0 saturated heterocycles. The molecule has 0 radical (unpaired) electrons. The van der Waals surface area contributed by atoms with Crippen molar-refractivity contribution in [2.24, 2.45) is 0 Å². The van der Waals surface area contributed by atoms with Gasteiger partial charge < -0.3 is 14.8 Å². The quantitative estimate of drug-likeness (QED) is 0.648. The van der Waals surface area contributed by atoms with Crippen LogP contribution in [0.5, 0.6) is 11.5 Å². The van der Waals surface area contributed by atoms with Gasteiger partial charge in [-0.2, -0.15) is 5.10 Å². The number of anilines is 1. The maximum absolute atomic E-state index is 12.4. The van der Waals surface area contributed by atoms with E-state index in [1.54, 1.807) is 29.1 Å². The number of rotatable bonds is 6. The lowest BCUT2D eigenvalue weighted by atomic mass is 10.2. The summed E-state index contributed by atoms with van der Waals surface area (Å²) in [5.74, 6) is 0.670. The summed E-state index contributed by atoms with van der Waals surface area (Å²) >= 11 is 6.19. The monoisotopic (exact) mass is 383 g/mol. The van der Waals surface area contributed by atoms with Gasteiger partial charge in [-0.15, -0.1) is 0 Å². The summed E-state index contributed by atoms with van der Waals surface area (Å²) in [6.45, 7) is 0. The summed E-state index contributed by atoms with van der Waals surface area (Å²) in [4.78, 5) is 12.4. The van der Waals surface area contributed by atoms with Gasteiger partial charge in [0.15, 0.2) is 11.5 Å². The van der Waals surface area contributed by atoms with E-state index >= 15 is 0 Å². The molecule has 3 aromatic rings. The smallest absolute Gasteiger partial charge is 0.248 e. The Morgan fingerprint density at radius 3 is 2.70 bits per heavy atom. The summed E-state index contributed by atoms with van der Waals surface area (Å²) in [6.07, 6.45) is 6.57. The van der Waals surface area contributed by atoms with Gasteiger partial charge >= 0.3 is 0 Å². The normalized spacial score (nSPS) is 10.8. The number of aromatic nitrogens is 2. The van der Waals surface area contributed by atoms with E-state index in [-0.39, 0.29) is 5.91 Å². The predicted octanol–water partition coefficient (Wildman–Crippen LogP) is 4.19. The van der Waals surface area contributed by atoms with E-state index in [1.165, 1.54) is 20.3 Å². The van der Waals surface area contributed by atoms with Gasteiger partial charge in [-0.05, 0) is 42.0 Å². The lowest BCUT2D eigenvalue weighted by Gasteiger charge is -2.10. The first kappa shape index (κ1) is 18.5. The third kappa shape index (κ3) is 4.30.